The van der Waals surface area contributed by atoms with Crippen molar-refractivity contribution in [1.29, 1.82) is 0 Å². The average molecular weight is 562 g/mol. The molecular weight excluding hydrogens is 526 g/mol. The maximum absolute atomic E-state index is 14.7. The van der Waals surface area contributed by atoms with Crippen LogP contribution in [0.1, 0.15) is 22.3 Å². The maximum atomic E-state index is 14.7. The zero-order valence-electron chi connectivity index (χ0n) is 23.3. The van der Waals surface area contributed by atoms with Gasteiger partial charge in [0.15, 0.2) is 5.82 Å². The molecule has 2 amide bonds. The number of nitrogens with one attached hydrogen (secondary N) is 1. The zero-order chi connectivity index (χ0) is 29.1. The van der Waals surface area contributed by atoms with Crippen LogP contribution in [0.5, 0.6) is 0 Å². The standard InChI is InChI=1S/C34H35N5O3/c35-33-27-18-26(16-17-28(27)36-37-33)22-39-30(20-24-12-6-2-7-13-24)32(41)31(40)29(19-23-10-4-1-5-11-23)38(34(39)42)21-25-14-8-3-9-15-25/h1-18,29-32,40-41H,19-22H2,(H3,35,36,37)/t29-,30?,31+,32+/m1/s1. The van der Waals surface area contributed by atoms with Crippen LogP contribution in [-0.4, -0.2) is 60.5 Å². The molecule has 5 aromatic rings. The molecule has 2 heterocycles. The number of benzene rings is 4. The van der Waals surface area contributed by atoms with Gasteiger partial charge in [0.25, 0.3) is 0 Å². The minimum atomic E-state index is -1.19. The van der Waals surface area contributed by atoms with Crippen LogP contribution in [0.2, 0.25) is 0 Å². The Kier molecular flexibility index (Phi) is 7.90. The topological polar surface area (TPSA) is 119 Å². The van der Waals surface area contributed by atoms with E-state index >= 15 is 0 Å². The van der Waals surface area contributed by atoms with Gasteiger partial charge in [-0.3, -0.25) is 5.10 Å². The number of carbonyl (C=O) groups excluding carboxylic acids is 1. The van der Waals surface area contributed by atoms with Crippen molar-refractivity contribution < 1.29 is 15.0 Å². The Morgan fingerprint density at radius 2 is 1.14 bits per heavy atom. The van der Waals surface area contributed by atoms with Crippen LogP contribution in [0.15, 0.2) is 109 Å². The molecule has 1 aromatic heterocycles. The fourth-order valence-electron chi connectivity index (χ4n) is 5.97. The molecule has 8 nitrogen and oxygen atoms in total. The van der Waals surface area contributed by atoms with Crippen LogP contribution in [0, 0.1) is 0 Å². The number of rotatable bonds is 8. The van der Waals surface area contributed by atoms with E-state index in [-0.39, 0.29) is 12.6 Å². The van der Waals surface area contributed by atoms with Crippen molar-refractivity contribution in [2.75, 3.05) is 5.73 Å². The number of carbonyl (C=O) groups is 1. The number of fused-ring (bicyclic) bond motifs is 1. The predicted octanol–water partition coefficient (Wildman–Crippen LogP) is 4.53. The van der Waals surface area contributed by atoms with Gasteiger partial charge in [0, 0.05) is 18.5 Å². The van der Waals surface area contributed by atoms with Crippen molar-refractivity contribution in [2.24, 2.45) is 0 Å². The number of aliphatic hydroxyl groups is 2. The number of nitrogen functional groups attached to an aromatic ring is 1. The molecule has 0 spiro atoms. The summed E-state index contributed by atoms with van der Waals surface area (Å²) in [7, 11) is 0. The summed E-state index contributed by atoms with van der Waals surface area (Å²) in [4.78, 5) is 18.2. The first-order valence-corrected chi connectivity index (χ1v) is 14.3. The van der Waals surface area contributed by atoms with E-state index in [0.717, 1.165) is 33.2 Å². The van der Waals surface area contributed by atoms with E-state index in [9.17, 15) is 15.0 Å². The highest BCUT2D eigenvalue weighted by atomic mass is 16.3. The number of nitrogens with zero attached hydrogens (tertiary/aromatic N) is 3. The molecule has 0 aliphatic carbocycles. The Hall–Kier alpha value is -4.66. The summed E-state index contributed by atoms with van der Waals surface area (Å²) in [5, 5.41) is 31.5. The van der Waals surface area contributed by atoms with Gasteiger partial charge in [0.05, 0.1) is 17.6 Å². The first-order valence-electron chi connectivity index (χ1n) is 14.3. The number of hydrogen-bond donors (Lipinski definition) is 4. The highest BCUT2D eigenvalue weighted by molar-refractivity contribution is 5.89. The summed E-state index contributed by atoms with van der Waals surface area (Å²) in [6, 6.07) is 33.5. The van der Waals surface area contributed by atoms with E-state index in [4.69, 9.17) is 5.73 Å². The first kappa shape index (κ1) is 27.5. The Morgan fingerprint density at radius 1 is 0.667 bits per heavy atom. The van der Waals surface area contributed by atoms with Gasteiger partial charge in [-0.25, -0.2) is 4.79 Å². The molecule has 1 unspecified atom stereocenters. The van der Waals surface area contributed by atoms with Gasteiger partial charge >= 0.3 is 6.03 Å². The summed E-state index contributed by atoms with van der Waals surface area (Å²) in [6.45, 7) is 0.521. The molecule has 0 saturated carbocycles. The molecule has 4 aromatic carbocycles. The average Bonchev–Trinajstić information content (AvgIpc) is 3.38. The van der Waals surface area contributed by atoms with E-state index < -0.39 is 24.3 Å². The van der Waals surface area contributed by atoms with E-state index in [1.807, 2.05) is 109 Å². The molecule has 6 rings (SSSR count). The van der Waals surface area contributed by atoms with Gasteiger partial charge in [-0.1, -0.05) is 97.1 Å². The molecular formula is C34H35N5O3. The lowest BCUT2D eigenvalue weighted by molar-refractivity contribution is -0.0408. The molecule has 1 aliphatic rings. The van der Waals surface area contributed by atoms with Crippen LogP contribution in [0.25, 0.3) is 10.9 Å². The van der Waals surface area contributed by atoms with E-state index in [0.29, 0.717) is 25.2 Å². The molecule has 1 aliphatic heterocycles. The quantitative estimate of drug-likeness (QED) is 0.222. The SMILES string of the molecule is Nc1n[nH]c2ccc(CN3C(=O)N(Cc4ccccc4)[C@H](Cc4ccccc4)[C@H](O)[C@@H](O)C3Cc3ccccc3)cc12. The zero-order valence-corrected chi connectivity index (χ0v) is 23.3. The number of aromatic amines is 1. The largest absolute Gasteiger partial charge is 0.388 e. The number of urea groups is 1. The number of aromatic nitrogens is 2. The molecule has 1 saturated heterocycles. The maximum Gasteiger partial charge on any atom is 0.321 e. The minimum absolute atomic E-state index is 0.226. The fourth-order valence-corrected chi connectivity index (χ4v) is 5.97. The normalized spacial score (nSPS) is 21.0. The molecule has 214 valence electrons. The third kappa shape index (κ3) is 5.72. The van der Waals surface area contributed by atoms with Crippen LogP contribution < -0.4 is 5.73 Å². The second-order valence-corrected chi connectivity index (χ2v) is 11.0. The van der Waals surface area contributed by atoms with Crippen LogP contribution in [0.4, 0.5) is 10.6 Å². The van der Waals surface area contributed by atoms with E-state index in [1.165, 1.54) is 0 Å². The lowest BCUT2D eigenvalue weighted by atomic mass is 9.91. The van der Waals surface area contributed by atoms with Crippen molar-refractivity contribution >= 4 is 22.8 Å². The van der Waals surface area contributed by atoms with Crippen LogP contribution >= 0.6 is 0 Å². The van der Waals surface area contributed by atoms with Crippen molar-refractivity contribution in [3.05, 3.63) is 131 Å². The highest BCUT2D eigenvalue weighted by Gasteiger charge is 2.46. The second kappa shape index (κ2) is 12.1. The monoisotopic (exact) mass is 561 g/mol. The Labute approximate surface area is 245 Å². The van der Waals surface area contributed by atoms with Gasteiger partial charge < -0.3 is 25.7 Å². The van der Waals surface area contributed by atoms with Crippen molar-refractivity contribution in [1.82, 2.24) is 20.0 Å². The van der Waals surface area contributed by atoms with Gasteiger partial charge in [0.2, 0.25) is 0 Å². The summed E-state index contributed by atoms with van der Waals surface area (Å²) in [5.41, 5.74) is 10.6. The second-order valence-electron chi connectivity index (χ2n) is 11.0. The third-order valence-corrected chi connectivity index (χ3v) is 8.21. The molecule has 4 atom stereocenters. The van der Waals surface area contributed by atoms with E-state index in [2.05, 4.69) is 10.2 Å². The number of anilines is 1. The lowest BCUT2D eigenvalue weighted by Crippen LogP contribution is -2.50. The van der Waals surface area contributed by atoms with Crippen molar-refractivity contribution in [2.45, 2.75) is 50.2 Å². The molecule has 0 bridgehead atoms. The molecule has 0 radical (unpaired) electrons. The Morgan fingerprint density at radius 3 is 1.67 bits per heavy atom. The van der Waals surface area contributed by atoms with Gasteiger partial charge in [-0.15, -0.1) is 0 Å². The Bertz CT molecular complexity index is 1630. The van der Waals surface area contributed by atoms with Crippen molar-refractivity contribution in [3.63, 3.8) is 0 Å². The summed E-state index contributed by atoms with van der Waals surface area (Å²) < 4.78 is 0. The van der Waals surface area contributed by atoms with Gasteiger partial charge in [-0.2, -0.15) is 5.10 Å². The molecule has 8 heteroatoms. The molecule has 5 N–H and O–H groups in total. The van der Waals surface area contributed by atoms with Gasteiger partial charge in [0.1, 0.15) is 12.2 Å². The van der Waals surface area contributed by atoms with Gasteiger partial charge in [-0.05, 0) is 47.2 Å². The van der Waals surface area contributed by atoms with Crippen LogP contribution in [0.3, 0.4) is 0 Å². The number of H-pyrrole nitrogens is 1. The third-order valence-electron chi connectivity index (χ3n) is 8.21. The van der Waals surface area contributed by atoms with Crippen molar-refractivity contribution in [3.8, 4) is 0 Å². The Balaban J connectivity index is 1.43. The predicted molar refractivity (Wildman–Crippen MR) is 163 cm³/mol. The smallest absolute Gasteiger partial charge is 0.321 e. The summed E-state index contributed by atoms with van der Waals surface area (Å²) >= 11 is 0. The number of aliphatic hydroxyl groups excluding tert-OH is 2. The number of amides is 2. The highest BCUT2D eigenvalue weighted by Crippen LogP contribution is 2.30. The summed E-state index contributed by atoms with van der Waals surface area (Å²) in [5.74, 6) is 0.388. The molecule has 1 fully saturated rings. The first-order chi connectivity index (χ1) is 20.5. The minimum Gasteiger partial charge on any atom is -0.388 e. The van der Waals surface area contributed by atoms with E-state index in [1.54, 1.807) is 9.80 Å². The molecule has 42 heavy (non-hydrogen) atoms. The summed E-state index contributed by atoms with van der Waals surface area (Å²) in [6.07, 6.45) is -1.57. The number of nitrogens with two attached hydrogens (primary N) is 1. The fraction of sp³-hybridized carbons (Fsp3) is 0.235. The van der Waals surface area contributed by atoms with Crippen LogP contribution in [-0.2, 0) is 25.9 Å². The lowest BCUT2D eigenvalue weighted by Gasteiger charge is -2.36. The number of hydrogen-bond acceptors (Lipinski definition) is 5.